The van der Waals surface area contributed by atoms with Gasteiger partial charge in [0.25, 0.3) is 11.8 Å². The lowest BCUT2D eigenvalue weighted by Gasteiger charge is -2.31. The second-order valence-corrected chi connectivity index (χ2v) is 9.11. The SMILES string of the molecule is Nc1ccc(/C=C/C(=O)NCc2cc3ccc(-c4ccc(C(=O)N5CCC(F)(F)CC5)cn4)cc3o2)cn1. The van der Waals surface area contributed by atoms with Crippen LogP contribution in [-0.2, 0) is 11.3 Å². The van der Waals surface area contributed by atoms with Crippen LogP contribution in [0.4, 0.5) is 14.6 Å². The number of carbonyl (C=O) groups excluding carboxylic acids is 2. The lowest BCUT2D eigenvalue weighted by Crippen LogP contribution is -2.42. The maximum absolute atomic E-state index is 13.4. The predicted molar refractivity (Wildman–Crippen MR) is 139 cm³/mol. The van der Waals surface area contributed by atoms with E-state index in [1.54, 1.807) is 36.5 Å². The van der Waals surface area contributed by atoms with E-state index in [1.165, 1.54) is 17.2 Å². The second kappa shape index (κ2) is 10.4. The maximum atomic E-state index is 13.4. The van der Waals surface area contributed by atoms with E-state index >= 15 is 0 Å². The summed E-state index contributed by atoms with van der Waals surface area (Å²) in [5, 5.41) is 3.65. The van der Waals surface area contributed by atoms with Gasteiger partial charge in [-0.2, -0.15) is 0 Å². The van der Waals surface area contributed by atoms with E-state index in [9.17, 15) is 18.4 Å². The number of alkyl halides is 2. The molecule has 1 aliphatic heterocycles. The summed E-state index contributed by atoms with van der Waals surface area (Å²) < 4.78 is 32.7. The van der Waals surface area contributed by atoms with Gasteiger partial charge in [0.1, 0.15) is 17.2 Å². The fourth-order valence-electron chi connectivity index (χ4n) is 4.16. The molecule has 1 aliphatic rings. The third-order valence-electron chi connectivity index (χ3n) is 6.33. The van der Waals surface area contributed by atoms with Gasteiger partial charge in [0.15, 0.2) is 0 Å². The number of hydrogen-bond acceptors (Lipinski definition) is 6. The average Bonchev–Trinajstić information content (AvgIpc) is 3.33. The molecule has 8 nitrogen and oxygen atoms in total. The summed E-state index contributed by atoms with van der Waals surface area (Å²) in [6.45, 7) is 0.272. The number of halogens is 2. The molecule has 4 heterocycles. The zero-order chi connectivity index (χ0) is 26.7. The molecule has 0 aliphatic carbocycles. The van der Waals surface area contributed by atoms with E-state index < -0.39 is 5.92 Å². The Balaban J connectivity index is 1.21. The van der Waals surface area contributed by atoms with Crippen LogP contribution in [0.15, 0.2) is 71.4 Å². The summed E-state index contributed by atoms with van der Waals surface area (Å²) in [4.78, 5) is 34.6. The molecular formula is C28H25F2N5O3. The van der Waals surface area contributed by atoms with E-state index in [0.717, 1.165) is 16.5 Å². The molecule has 38 heavy (non-hydrogen) atoms. The van der Waals surface area contributed by atoms with Crippen LogP contribution in [0.5, 0.6) is 0 Å². The number of nitrogens with one attached hydrogen (secondary N) is 1. The topological polar surface area (TPSA) is 114 Å². The molecule has 10 heteroatoms. The van der Waals surface area contributed by atoms with Crippen molar-refractivity contribution in [2.24, 2.45) is 0 Å². The molecule has 1 aromatic carbocycles. The molecule has 1 saturated heterocycles. The Bertz CT molecular complexity index is 1490. The standard InChI is InChI=1S/C28H25F2N5O3/c29-28(30)9-11-35(12-10-28)27(37)21-5-6-23(32-16-21)19-3-4-20-13-22(38-24(20)14-19)17-34-26(36)8-2-18-1-7-25(31)33-15-18/h1-8,13-16H,9-12,17H2,(H2,31,33)(H,34,36)/b8-2+. The number of nitrogen functional groups attached to an aromatic ring is 1. The van der Waals surface area contributed by atoms with Crippen molar-refractivity contribution < 1.29 is 22.8 Å². The van der Waals surface area contributed by atoms with Crippen LogP contribution in [0.1, 0.15) is 34.5 Å². The van der Waals surface area contributed by atoms with Gasteiger partial charge in [-0.1, -0.05) is 12.1 Å². The highest BCUT2D eigenvalue weighted by atomic mass is 19.3. The number of furan rings is 1. The number of anilines is 1. The number of amides is 2. The molecule has 0 bridgehead atoms. The Morgan fingerprint density at radius 2 is 1.87 bits per heavy atom. The van der Waals surface area contributed by atoms with Gasteiger partial charge >= 0.3 is 0 Å². The highest BCUT2D eigenvalue weighted by Crippen LogP contribution is 2.29. The van der Waals surface area contributed by atoms with Gasteiger partial charge in [-0.3, -0.25) is 14.6 Å². The van der Waals surface area contributed by atoms with E-state index in [4.69, 9.17) is 10.2 Å². The Kier molecular flexibility index (Phi) is 6.87. The third-order valence-corrected chi connectivity index (χ3v) is 6.33. The minimum Gasteiger partial charge on any atom is -0.459 e. The minimum absolute atomic E-state index is 0.0296. The van der Waals surface area contributed by atoms with Crippen LogP contribution in [-0.4, -0.2) is 45.7 Å². The van der Waals surface area contributed by atoms with Crippen LogP contribution in [0, 0.1) is 0 Å². The summed E-state index contributed by atoms with van der Waals surface area (Å²) in [6, 6.07) is 14.3. The number of likely N-dealkylation sites (tertiary alicyclic amines) is 1. The van der Waals surface area contributed by atoms with Gasteiger partial charge in [0.2, 0.25) is 5.91 Å². The van der Waals surface area contributed by atoms with Crippen molar-refractivity contribution in [3.05, 3.63) is 83.9 Å². The lowest BCUT2D eigenvalue weighted by atomic mass is 10.1. The second-order valence-electron chi connectivity index (χ2n) is 9.11. The van der Waals surface area contributed by atoms with Crippen LogP contribution < -0.4 is 11.1 Å². The van der Waals surface area contributed by atoms with Gasteiger partial charge < -0.3 is 20.4 Å². The summed E-state index contributed by atoms with van der Waals surface area (Å²) in [7, 11) is 0. The van der Waals surface area contributed by atoms with Crippen LogP contribution >= 0.6 is 0 Å². The number of aromatic nitrogens is 2. The molecule has 3 N–H and O–H groups in total. The molecule has 5 rings (SSSR count). The first kappa shape index (κ1) is 25.1. The summed E-state index contributed by atoms with van der Waals surface area (Å²) >= 11 is 0. The Morgan fingerprint density at radius 1 is 1.05 bits per heavy atom. The van der Waals surface area contributed by atoms with Crippen molar-refractivity contribution in [1.29, 1.82) is 0 Å². The van der Waals surface area contributed by atoms with E-state index in [-0.39, 0.29) is 44.3 Å². The number of carbonyl (C=O) groups is 2. The van der Waals surface area contributed by atoms with E-state index in [0.29, 0.717) is 28.4 Å². The fraction of sp³-hybridized carbons (Fsp3) is 0.214. The monoisotopic (exact) mass is 517 g/mol. The van der Waals surface area contributed by atoms with Crippen molar-refractivity contribution in [3.63, 3.8) is 0 Å². The van der Waals surface area contributed by atoms with Crippen molar-refractivity contribution in [2.45, 2.75) is 25.3 Å². The largest absolute Gasteiger partial charge is 0.459 e. The van der Waals surface area contributed by atoms with E-state index in [2.05, 4.69) is 15.3 Å². The first-order valence-electron chi connectivity index (χ1n) is 12.1. The van der Waals surface area contributed by atoms with Gasteiger partial charge in [-0.25, -0.2) is 13.8 Å². The molecule has 0 spiro atoms. The molecule has 0 atom stereocenters. The Morgan fingerprint density at radius 3 is 2.58 bits per heavy atom. The molecular weight excluding hydrogens is 492 g/mol. The molecule has 0 saturated carbocycles. The Labute approximate surface area is 217 Å². The number of nitrogens with two attached hydrogens (primary N) is 1. The summed E-state index contributed by atoms with van der Waals surface area (Å²) in [6.07, 6.45) is 5.45. The van der Waals surface area contributed by atoms with Crippen molar-refractivity contribution in [1.82, 2.24) is 20.2 Å². The third kappa shape index (κ3) is 5.86. The van der Waals surface area contributed by atoms with Crippen LogP contribution in [0.25, 0.3) is 28.3 Å². The quantitative estimate of drug-likeness (QED) is 0.359. The first-order valence-corrected chi connectivity index (χ1v) is 12.1. The normalized spacial score (nSPS) is 15.2. The molecule has 0 unspecified atom stereocenters. The van der Waals surface area contributed by atoms with Crippen molar-refractivity contribution in [3.8, 4) is 11.3 Å². The zero-order valence-corrected chi connectivity index (χ0v) is 20.4. The number of rotatable bonds is 6. The first-order chi connectivity index (χ1) is 18.3. The number of nitrogens with zero attached hydrogens (tertiary/aromatic N) is 3. The predicted octanol–water partition coefficient (Wildman–Crippen LogP) is 4.67. The number of benzene rings is 1. The molecule has 194 valence electrons. The lowest BCUT2D eigenvalue weighted by molar-refractivity contribution is -0.116. The highest BCUT2D eigenvalue weighted by Gasteiger charge is 2.35. The smallest absolute Gasteiger partial charge is 0.255 e. The molecule has 3 aromatic heterocycles. The average molecular weight is 518 g/mol. The molecule has 4 aromatic rings. The summed E-state index contributed by atoms with van der Waals surface area (Å²) in [5.41, 5.74) is 8.74. The molecule has 0 radical (unpaired) electrons. The van der Waals surface area contributed by atoms with Gasteiger partial charge in [-0.15, -0.1) is 0 Å². The van der Waals surface area contributed by atoms with Crippen LogP contribution in [0.3, 0.4) is 0 Å². The fourth-order valence-corrected chi connectivity index (χ4v) is 4.16. The van der Waals surface area contributed by atoms with Gasteiger partial charge in [0, 0.05) is 55.4 Å². The van der Waals surface area contributed by atoms with E-state index in [1.807, 2.05) is 24.3 Å². The highest BCUT2D eigenvalue weighted by molar-refractivity contribution is 5.94. The number of pyridine rings is 2. The number of piperidine rings is 1. The van der Waals surface area contributed by atoms with Crippen LogP contribution in [0.2, 0.25) is 0 Å². The number of hydrogen-bond donors (Lipinski definition) is 2. The summed E-state index contributed by atoms with van der Waals surface area (Å²) in [5.74, 6) is -2.28. The molecule has 2 amide bonds. The Hall–Kier alpha value is -4.60. The maximum Gasteiger partial charge on any atom is 0.255 e. The van der Waals surface area contributed by atoms with Crippen molar-refractivity contribution >= 4 is 34.7 Å². The number of fused-ring (bicyclic) bond motifs is 1. The zero-order valence-electron chi connectivity index (χ0n) is 20.4. The molecule has 1 fully saturated rings. The van der Waals surface area contributed by atoms with Gasteiger partial charge in [0.05, 0.1) is 17.8 Å². The van der Waals surface area contributed by atoms with Crippen molar-refractivity contribution in [2.75, 3.05) is 18.8 Å². The van der Waals surface area contributed by atoms with Gasteiger partial charge in [-0.05, 0) is 48.0 Å². The minimum atomic E-state index is -2.71.